The zero-order chi connectivity index (χ0) is 13.8. The molecule has 19 heavy (non-hydrogen) atoms. The lowest BCUT2D eigenvalue weighted by molar-refractivity contribution is -0.118. The van der Waals surface area contributed by atoms with Gasteiger partial charge in [-0.2, -0.15) is 0 Å². The van der Waals surface area contributed by atoms with Crippen LogP contribution in [0.3, 0.4) is 0 Å². The first-order valence-electron chi connectivity index (χ1n) is 6.47. The van der Waals surface area contributed by atoms with E-state index in [0.29, 0.717) is 11.3 Å². The van der Waals surface area contributed by atoms with Gasteiger partial charge < -0.3 is 15.7 Å². The molecule has 0 unspecified atom stereocenters. The lowest BCUT2D eigenvalue weighted by atomic mass is 10.0. The number of rotatable bonds is 3. The molecule has 0 aliphatic carbocycles. The minimum atomic E-state index is -1.02. The fourth-order valence-corrected chi connectivity index (χ4v) is 2.35. The van der Waals surface area contributed by atoms with Crippen LogP contribution in [0.25, 0.3) is 0 Å². The lowest BCUT2D eigenvalue weighted by Crippen LogP contribution is -2.43. The number of carbonyl (C=O) groups is 2. The normalized spacial score (nSPS) is 18.9. The Morgan fingerprint density at radius 3 is 2.79 bits per heavy atom. The number of aryl methyl sites for hydroxylation is 1. The second-order valence-corrected chi connectivity index (χ2v) is 4.79. The third-order valence-corrected chi connectivity index (χ3v) is 3.37. The third kappa shape index (κ3) is 3.12. The van der Waals surface area contributed by atoms with Gasteiger partial charge in [0.1, 0.15) is 0 Å². The van der Waals surface area contributed by atoms with E-state index in [1.807, 2.05) is 0 Å². The van der Waals surface area contributed by atoms with Gasteiger partial charge in [-0.15, -0.1) is 0 Å². The number of aromatic carboxylic acids is 1. The van der Waals surface area contributed by atoms with E-state index in [1.165, 1.54) is 0 Å². The SMILES string of the molecule is Cc1cccc(NC(=O)[C@@H]2CCCCN2)c1C(=O)O. The Balaban J connectivity index is 2.16. The van der Waals surface area contributed by atoms with Crippen LogP contribution < -0.4 is 10.6 Å². The highest BCUT2D eigenvalue weighted by molar-refractivity contribution is 6.03. The van der Waals surface area contributed by atoms with E-state index in [2.05, 4.69) is 10.6 Å². The summed E-state index contributed by atoms with van der Waals surface area (Å²) in [5, 5.41) is 15.1. The molecule has 1 saturated heterocycles. The maximum absolute atomic E-state index is 12.1. The first-order valence-corrected chi connectivity index (χ1v) is 6.47. The monoisotopic (exact) mass is 262 g/mol. The van der Waals surface area contributed by atoms with E-state index < -0.39 is 5.97 Å². The number of benzene rings is 1. The van der Waals surface area contributed by atoms with Crippen LogP contribution in [0, 0.1) is 6.92 Å². The van der Waals surface area contributed by atoms with Crippen molar-refractivity contribution in [2.45, 2.75) is 32.2 Å². The van der Waals surface area contributed by atoms with Crippen molar-refractivity contribution in [3.8, 4) is 0 Å². The van der Waals surface area contributed by atoms with E-state index in [-0.39, 0.29) is 17.5 Å². The zero-order valence-corrected chi connectivity index (χ0v) is 10.9. The van der Waals surface area contributed by atoms with Gasteiger partial charge in [-0.3, -0.25) is 4.79 Å². The highest BCUT2D eigenvalue weighted by Gasteiger charge is 2.22. The number of carboxylic acids is 1. The highest BCUT2D eigenvalue weighted by Crippen LogP contribution is 2.20. The summed E-state index contributed by atoms with van der Waals surface area (Å²) in [5.41, 5.74) is 1.17. The molecule has 1 amide bonds. The van der Waals surface area contributed by atoms with Crippen LogP contribution in [-0.2, 0) is 4.79 Å². The summed E-state index contributed by atoms with van der Waals surface area (Å²) < 4.78 is 0. The summed E-state index contributed by atoms with van der Waals surface area (Å²) >= 11 is 0. The standard InChI is InChI=1S/C14H18N2O3/c1-9-5-4-7-10(12(9)14(18)19)16-13(17)11-6-2-3-8-15-11/h4-5,7,11,15H,2-3,6,8H2,1H3,(H,16,17)(H,18,19)/t11-/m0/s1. The predicted molar refractivity (Wildman–Crippen MR) is 72.4 cm³/mol. The summed E-state index contributed by atoms with van der Waals surface area (Å²) in [6, 6.07) is 4.86. The van der Waals surface area contributed by atoms with Crippen LogP contribution in [0.5, 0.6) is 0 Å². The molecule has 1 aromatic carbocycles. The van der Waals surface area contributed by atoms with Crippen molar-refractivity contribution in [1.82, 2.24) is 5.32 Å². The van der Waals surface area contributed by atoms with Gasteiger partial charge in [-0.25, -0.2) is 4.79 Å². The topological polar surface area (TPSA) is 78.4 Å². The fraction of sp³-hybridized carbons (Fsp3) is 0.429. The van der Waals surface area contributed by atoms with Gasteiger partial charge in [0, 0.05) is 0 Å². The quantitative estimate of drug-likeness (QED) is 0.775. The molecule has 1 aliphatic heterocycles. The number of hydrogen-bond acceptors (Lipinski definition) is 3. The number of carboxylic acid groups (broad SMARTS) is 1. The van der Waals surface area contributed by atoms with Crippen molar-refractivity contribution in [3.05, 3.63) is 29.3 Å². The molecule has 1 atom stereocenters. The molecule has 1 aliphatic rings. The molecule has 0 saturated carbocycles. The number of anilines is 1. The van der Waals surface area contributed by atoms with Crippen LogP contribution in [0.2, 0.25) is 0 Å². The first kappa shape index (κ1) is 13.5. The van der Waals surface area contributed by atoms with Crippen molar-refractivity contribution >= 4 is 17.6 Å². The van der Waals surface area contributed by atoms with Gasteiger partial charge in [-0.05, 0) is 37.9 Å². The number of piperidine rings is 1. The second-order valence-electron chi connectivity index (χ2n) is 4.79. The minimum Gasteiger partial charge on any atom is -0.478 e. The Hall–Kier alpha value is -1.88. The van der Waals surface area contributed by atoms with E-state index in [0.717, 1.165) is 25.8 Å². The van der Waals surface area contributed by atoms with Gasteiger partial charge in [0.15, 0.2) is 0 Å². The fourth-order valence-electron chi connectivity index (χ4n) is 2.35. The summed E-state index contributed by atoms with van der Waals surface area (Å²) in [6.45, 7) is 2.55. The van der Waals surface area contributed by atoms with Gasteiger partial charge >= 0.3 is 5.97 Å². The van der Waals surface area contributed by atoms with E-state index in [4.69, 9.17) is 0 Å². The van der Waals surface area contributed by atoms with Crippen LogP contribution in [0.15, 0.2) is 18.2 Å². The Kier molecular flexibility index (Phi) is 4.16. The molecule has 102 valence electrons. The number of hydrogen-bond donors (Lipinski definition) is 3. The summed E-state index contributed by atoms with van der Waals surface area (Å²) in [5.74, 6) is -1.18. The van der Waals surface area contributed by atoms with Crippen LogP contribution in [-0.4, -0.2) is 29.6 Å². The summed E-state index contributed by atoms with van der Waals surface area (Å²) in [7, 11) is 0. The molecule has 0 aromatic heterocycles. The molecule has 1 aromatic rings. The first-order chi connectivity index (χ1) is 9.09. The van der Waals surface area contributed by atoms with Gasteiger partial charge in [-0.1, -0.05) is 18.6 Å². The summed E-state index contributed by atoms with van der Waals surface area (Å²) in [4.78, 5) is 23.3. The highest BCUT2D eigenvalue weighted by atomic mass is 16.4. The van der Waals surface area contributed by atoms with Crippen molar-refractivity contribution in [2.75, 3.05) is 11.9 Å². The summed E-state index contributed by atoms with van der Waals surface area (Å²) in [6.07, 6.45) is 2.89. The van der Waals surface area contributed by atoms with Crippen molar-refractivity contribution in [3.63, 3.8) is 0 Å². The minimum absolute atomic E-state index is 0.159. The maximum Gasteiger partial charge on any atom is 0.338 e. The Morgan fingerprint density at radius 2 is 2.16 bits per heavy atom. The second kappa shape index (κ2) is 5.84. The molecular weight excluding hydrogens is 244 g/mol. The maximum atomic E-state index is 12.1. The molecule has 5 nitrogen and oxygen atoms in total. The largest absolute Gasteiger partial charge is 0.478 e. The van der Waals surface area contributed by atoms with Crippen LogP contribution >= 0.6 is 0 Å². The molecule has 0 spiro atoms. The van der Waals surface area contributed by atoms with Gasteiger partial charge in [0.05, 0.1) is 17.3 Å². The van der Waals surface area contributed by atoms with Crippen LogP contribution in [0.1, 0.15) is 35.2 Å². The third-order valence-electron chi connectivity index (χ3n) is 3.37. The van der Waals surface area contributed by atoms with Gasteiger partial charge in [0.2, 0.25) is 5.91 Å². The lowest BCUT2D eigenvalue weighted by Gasteiger charge is -2.23. The smallest absolute Gasteiger partial charge is 0.338 e. The molecule has 0 bridgehead atoms. The molecule has 2 rings (SSSR count). The molecule has 0 radical (unpaired) electrons. The predicted octanol–water partition coefficient (Wildman–Crippen LogP) is 1.77. The molecule has 3 N–H and O–H groups in total. The Labute approximate surface area is 112 Å². The van der Waals surface area contributed by atoms with E-state index >= 15 is 0 Å². The molecular formula is C14H18N2O3. The zero-order valence-electron chi connectivity index (χ0n) is 10.9. The molecule has 5 heteroatoms. The van der Waals surface area contributed by atoms with Crippen molar-refractivity contribution in [1.29, 1.82) is 0 Å². The number of carbonyl (C=O) groups excluding carboxylic acids is 1. The average Bonchev–Trinajstić information content (AvgIpc) is 2.39. The van der Waals surface area contributed by atoms with E-state index in [9.17, 15) is 14.7 Å². The van der Waals surface area contributed by atoms with Crippen LogP contribution in [0.4, 0.5) is 5.69 Å². The average molecular weight is 262 g/mol. The number of amides is 1. The van der Waals surface area contributed by atoms with Crippen molar-refractivity contribution < 1.29 is 14.7 Å². The van der Waals surface area contributed by atoms with Gasteiger partial charge in [0.25, 0.3) is 0 Å². The molecule has 1 fully saturated rings. The van der Waals surface area contributed by atoms with Crippen molar-refractivity contribution in [2.24, 2.45) is 0 Å². The molecule has 1 heterocycles. The number of nitrogens with one attached hydrogen (secondary N) is 2. The van der Waals surface area contributed by atoms with E-state index in [1.54, 1.807) is 25.1 Å². The Morgan fingerprint density at radius 1 is 1.37 bits per heavy atom. The Bertz CT molecular complexity index is 493.